The maximum Gasteiger partial charge on any atom is 0.134 e. The Bertz CT molecular complexity index is 339. The summed E-state index contributed by atoms with van der Waals surface area (Å²) in [5, 5.41) is 4.04. The molecule has 82 valence electrons. The molecule has 2 nitrogen and oxygen atoms in total. The smallest absolute Gasteiger partial charge is 0.134 e. The van der Waals surface area contributed by atoms with Gasteiger partial charge < -0.3 is 10.1 Å². The number of halogens is 2. The van der Waals surface area contributed by atoms with Crippen LogP contribution < -0.4 is 10.1 Å². The molecule has 1 aliphatic heterocycles. The van der Waals surface area contributed by atoms with Crippen molar-refractivity contribution in [3.63, 3.8) is 0 Å². The fraction of sp³-hybridized carbons (Fsp3) is 0.455. The molecule has 1 N–H and O–H groups in total. The van der Waals surface area contributed by atoms with Crippen LogP contribution in [-0.4, -0.2) is 19.2 Å². The van der Waals surface area contributed by atoms with Gasteiger partial charge in [-0.1, -0.05) is 11.6 Å². The van der Waals surface area contributed by atoms with Gasteiger partial charge in [0.1, 0.15) is 11.9 Å². The summed E-state index contributed by atoms with van der Waals surface area (Å²) in [7, 11) is 0. The van der Waals surface area contributed by atoms with E-state index in [4.69, 9.17) is 16.3 Å². The van der Waals surface area contributed by atoms with Crippen molar-refractivity contribution in [2.24, 2.45) is 0 Å². The number of piperidine rings is 1. The van der Waals surface area contributed by atoms with Crippen LogP contribution >= 0.6 is 27.5 Å². The summed E-state index contributed by atoms with van der Waals surface area (Å²) < 4.78 is 6.79. The third-order valence-electron chi connectivity index (χ3n) is 2.44. The monoisotopic (exact) mass is 289 g/mol. The second-order valence-corrected chi connectivity index (χ2v) is 4.95. The summed E-state index contributed by atoms with van der Waals surface area (Å²) in [5.74, 6) is 0.869. The Balaban J connectivity index is 2.03. The molecule has 0 aliphatic carbocycles. The van der Waals surface area contributed by atoms with Crippen molar-refractivity contribution in [2.75, 3.05) is 13.1 Å². The Hall–Kier alpha value is -0.250. The number of benzene rings is 1. The SMILES string of the molecule is Clc1ccc(O[C@@H]2CCCNC2)c(Br)c1. The average molecular weight is 291 g/mol. The van der Waals surface area contributed by atoms with Crippen LogP contribution in [0.4, 0.5) is 0 Å². The molecule has 0 aromatic heterocycles. The van der Waals surface area contributed by atoms with E-state index in [0.29, 0.717) is 0 Å². The van der Waals surface area contributed by atoms with Crippen LogP contribution in [0.15, 0.2) is 22.7 Å². The van der Waals surface area contributed by atoms with Gasteiger partial charge in [0.05, 0.1) is 4.47 Å². The Morgan fingerprint density at radius 3 is 3.00 bits per heavy atom. The van der Waals surface area contributed by atoms with E-state index in [-0.39, 0.29) is 6.10 Å². The molecule has 0 unspecified atom stereocenters. The summed E-state index contributed by atoms with van der Waals surface area (Å²) >= 11 is 9.31. The molecule has 2 rings (SSSR count). The van der Waals surface area contributed by atoms with Crippen molar-refractivity contribution < 1.29 is 4.74 Å². The molecule has 1 aromatic rings. The molecule has 1 saturated heterocycles. The molecular formula is C11H13BrClNO. The Labute approximate surface area is 103 Å². The molecule has 1 fully saturated rings. The maximum atomic E-state index is 5.87. The van der Waals surface area contributed by atoms with E-state index >= 15 is 0 Å². The summed E-state index contributed by atoms with van der Waals surface area (Å²) in [6.07, 6.45) is 2.56. The highest BCUT2D eigenvalue weighted by Gasteiger charge is 2.15. The van der Waals surface area contributed by atoms with Gasteiger partial charge in [0.2, 0.25) is 0 Å². The number of rotatable bonds is 2. The summed E-state index contributed by atoms with van der Waals surface area (Å²) in [6, 6.07) is 5.60. The van der Waals surface area contributed by atoms with E-state index in [0.717, 1.165) is 34.8 Å². The number of ether oxygens (including phenoxy) is 1. The van der Waals surface area contributed by atoms with Crippen LogP contribution in [-0.2, 0) is 0 Å². The highest BCUT2D eigenvalue weighted by Crippen LogP contribution is 2.29. The minimum absolute atomic E-state index is 0.274. The molecule has 1 aliphatic rings. The lowest BCUT2D eigenvalue weighted by Crippen LogP contribution is -2.37. The van der Waals surface area contributed by atoms with Crippen LogP contribution in [0.2, 0.25) is 5.02 Å². The molecule has 0 amide bonds. The van der Waals surface area contributed by atoms with Crippen molar-refractivity contribution in [3.8, 4) is 5.75 Å². The molecule has 4 heteroatoms. The third kappa shape index (κ3) is 3.10. The fourth-order valence-corrected chi connectivity index (χ4v) is 2.45. The summed E-state index contributed by atoms with van der Waals surface area (Å²) in [4.78, 5) is 0. The normalized spacial score (nSPS) is 21.3. The lowest BCUT2D eigenvalue weighted by atomic mass is 10.1. The predicted octanol–water partition coefficient (Wildman–Crippen LogP) is 3.23. The molecule has 0 saturated carbocycles. The van der Waals surface area contributed by atoms with Crippen molar-refractivity contribution in [3.05, 3.63) is 27.7 Å². The molecule has 0 spiro atoms. The first-order chi connectivity index (χ1) is 7.25. The van der Waals surface area contributed by atoms with Gasteiger partial charge in [-0.05, 0) is 53.5 Å². The van der Waals surface area contributed by atoms with Crippen molar-refractivity contribution in [1.82, 2.24) is 5.32 Å². The topological polar surface area (TPSA) is 21.3 Å². The first kappa shape index (κ1) is 11.2. The molecular weight excluding hydrogens is 277 g/mol. The Morgan fingerprint density at radius 1 is 1.47 bits per heavy atom. The van der Waals surface area contributed by atoms with Crippen molar-refractivity contribution >= 4 is 27.5 Å². The van der Waals surface area contributed by atoms with Crippen molar-refractivity contribution in [1.29, 1.82) is 0 Å². The summed E-state index contributed by atoms with van der Waals surface area (Å²) in [6.45, 7) is 2.02. The van der Waals surface area contributed by atoms with Crippen LogP contribution in [0.5, 0.6) is 5.75 Å². The molecule has 1 aromatic carbocycles. The highest BCUT2D eigenvalue weighted by atomic mass is 79.9. The fourth-order valence-electron chi connectivity index (χ4n) is 1.67. The zero-order valence-corrected chi connectivity index (χ0v) is 10.6. The summed E-state index contributed by atoms with van der Waals surface area (Å²) in [5.41, 5.74) is 0. The maximum absolute atomic E-state index is 5.87. The highest BCUT2D eigenvalue weighted by molar-refractivity contribution is 9.10. The van der Waals surface area contributed by atoms with Crippen LogP contribution in [0.1, 0.15) is 12.8 Å². The molecule has 15 heavy (non-hydrogen) atoms. The lowest BCUT2D eigenvalue weighted by Gasteiger charge is -2.24. The van der Waals surface area contributed by atoms with Gasteiger partial charge in [-0.2, -0.15) is 0 Å². The molecule has 1 heterocycles. The minimum Gasteiger partial charge on any atom is -0.488 e. The van der Waals surface area contributed by atoms with Gasteiger partial charge >= 0.3 is 0 Å². The minimum atomic E-state index is 0.274. The quantitative estimate of drug-likeness (QED) is 0.903. The van der Waals surface area contributed by atoms with Gasteiger partial charge in [0.25, 0.3) is 0 Å². The standard InChI is InChI=1S/C11H13BrClNO/c12-10-6-8(13)3-4-11(10)15-9-2-1-5-14-7-9/h3-4,6,9,14H,1-2,5,7H2/t9-/m1/s1. The first-order valence-corrected chi connectivity index (χ1v) is 6.25. The second-order valence-electron chi connectivity index (χ2n) is 3.66. The van der Waals surface area contributed by atoms with Crippen molar-refractivity contribution in [2.45, 2.75) is 18.9 Å². The molecule has 1 atom stereocenters. The first-order valence-electron chi connectivity index (χ1n) is 5.08. The third-order valence-corrected chi connectivity index (χ3v) is 3.29. The van der Waals surface area contributed by atoms with E-state index in [1.54, 1.807) is 0 Å². The van der Waals surface area contributed by atoms with Gasteiger partial charge in [-0.25, -0.2) is 0 Å². The van der Waals surface area contributed by atoms with E-state index in [1.807, 2.05) is 18.2 Å². The van der Waals surface area contributed by atoms with Gasteiger partial charge in [0.15, 0.2) is 0 Å². The van der Waals surface area contributed by atoms with Gasteiger partial charge in [0, 0.05) is 11.6 Å². The van der Waals surface area contributed by atoms with E-state index in [9.17, 15) is 0 Å². The van der Waals surface area contributed by atoms with Gasteiger partial charge in [-0.3, -0.25) is 0 Å². The number of hydrogen-bond donors (Lipinski definition) is 1. The molecule has 0 bridgehead atoms. The zero-order valence-electron chi connectivity index (χ0n) is 8.30. The largest absolute Gasteiger partial charge is 0.488 e. The number of hydrogen-bond acceptors (Lipinski definition) is 2. The lowest BCUT2D eigenvalue weighted by molar-refractivity contribution is 0.166. The average Bonchev–Trinajstić information content (AvgIpc) is 2.24. The second kappa shape index (κ2) is 5.19. The predicted molar refractivity (Wildman–Crippen MR) is 65.7 cm³/mol. The van der Waals surface area contributed by atoms with Crippen LogP contribution in [0.25, 0.3) is 0 Å². The molecule has 0 radical (unpaired) electrons. The van der Waals surface area contributed by atoms with E-state index < -0.39 is 0 Å². The van der Waals surface area contributed by atoms with Crippen LogP contribution in [0.3, 0.4) is 0 Å². The Morgan fingerprint density at radius 2 is 2.33 bits per heavy atom. The van der Waals surface area contributed by atoms with Crippen LogP contribution in [0, 0.1) is 0 Å². The zero-order chi connectivity index (χ0) is 10.7. The number of nitrogens with one attached hydrogen (secondary N) is 1. The van der Waals surface area contributed by atoms with E-state index in [1.165, 1.54) is 6.42 Å². The Kier molecular flexibility index (Phi) is 3.89. The van der Waals surface area contributed by atoms with E-state index in [2.05, 4.69) is 21.2 Å². The van der Waals surface area contributed by atoms with Gasteiger partial charge in [-0.15, -0.1) is 0 Å².